The molecule has 0 saturated carbocycles. The van der Waals surface area contributed by atoms with Gasteiger partial charge in [0.05, 0.1) is 6.10 Å². The molecule has 82 valence electrons. The summed E-state index contributed by atoms with van der Waals surface area (Å²) in [6, 6.07) is 5.59. The van der Waals surface area contributed by atoms with Gasteiger partial charge in [-0.1, -0.05) is 22.5 Å². The van der Waals surface area contributed by atoms with Gasteiger partial charge in [0.2, 0.25) is 0 Å². The number of hydrogen-bond donors (Lipinski definition) is 1. The van der Waals surface area contributed by atoms with Crippen molar-refractivity contribution >= 4 is 15.9 Å². The molecule has 1 aromatic carbocycles. The standard InChI is InChI=1S/C12H15BrO2/c1-8(2)7-15-12-5-4-10(13)6-11(12)9(3)14/h4-6,9,14H,1,7H2,2-3H3. The van der Waals surface area contributed by atoms with Crippen LogP contribution in [-0.2, 0) is 0 Å². The second-order valence-corrected chi connectivity index (χ2v) is 4.52. The molecule has 15 heavy (non-hydrogen) atoms. The van der Waals surface area contributed by atoms with E-state index in [4.69, 9.17) is 4.74 Å². The van der Waals surface area contributed by atoms with Crippen molar-refractivity contribution < 1.29 is 9.84 Å². The van der Waals surface area contributed by atoms with Gasteiger partial charge in [-0.25, -0.2) is 0 Å². The van der Waals surface area contributed by atoms with Gasteiger partial charge < -0.3 is 9.84 Å². The van der Waals surface area contributed by atoms with Crippen molar-refractivity contribution in [2.24, 2.45) is 0 Å². The molecule has 0 radical (unpaired) electrons. The molecular formula is C12H15BrO2. The second kappa shape index (κ2) is 5.33. The Morgan fingerprint density at radius 2 is 2.27 bits per heavy atom. The predicted molar refractivity (Wildman–Crippen MR) is 65.1 cm³/mol. The lowest BCUT2D eigenvalue weighted by Crippen LogP contribution is -2.02. The molecule has 0 amide bonds. The number of halogens is 1. The Hall–Kier alpha value is -0.800. The zero-order chi connectivity index (χ0) is 11.4. The monoisotopic (exact) mass is 270 g/mol. The van der Waals surface area contributed by atoms with E-state index in [0.717, 1.165) is 15.6 Å². The van der Waals surface area contributed by atoms with Crippen LogP contribution in [0.25, 0.3) is 0 Å². The number of hydrogen-bond acceptors (Lipinski definition) is 2. The molecule has 1 rings (SSSR count). The first-order valence-electron chi connectivity index (χ1n) is 4.75. The molecular weight excluding hydrogens is 256 g/mol. The first-order chi connectivity index (χ1) is 7.00. The topological polar surface area (TPSA) is 29.5 Å². The Labute approximate surface area is 98.7 Å². The lowest BCUT2D eigenvalue weighted by molar-refractivity contribution is 0.192. The van der Waals surface area contributed by atoms with Crippen molar-refractivity contribution in [1.82, 2.24) is 0 Å². The largest absolute Gasteiger partial charge is 0.489 e. The SMILES string of the molecule is C=C(C)COc1ccc(Br)cc1C(C)O. The summed E-state index contributed by atoms with van der Waals surface area (Å²) >= 11 is 3.36. The van der Waals surface area contributed by atoms with Crippen LogP contribution < -0.4 is 4.74 Å². The molecule has 0 bridgehead atoms. The maximum absolute atomic E-state index is 9.57. The summed E-state index contributed by atoms with van der Waals surface area (Å²) in [4.78, 5) is 0. The van der Waals surface area contributed by atoms with E-state index < -0.39 is 6.10 Å². The highest BCUT2D eigenvalue weighted by Gasteiger charge is 2.09. The van der Waals surface area contributed by atoms with Gasteiger partial charge in [-0.15, -0.1) is 0 Å². The number of benzene rings is 1. The van der Waals surface area contributed by atoms with Gasteiger partial charge >= 0.3 is 0 Å². The minimum atomic E-state index is -0.539. The van der Waals surface area contributed by atoms with Crippen LogP contribution in [0.15, 0.2) is 34.8 Å². The van der Waals surface area contributed by atoms with Crippen molar-refractivity contribution in [3.05, 3.63) is 40.4 Å². The average molecular weight is 271 g/mol. The highest BCUT2D eigenvalue weighted by atomic mass is 79.9. The highest BCUT2D eigenvalue weighted by molar-refractivity contribution is 9.10. The third-order valence-electron chi connectivity index (χ3n) is 1.90. The Kier molecular flexibility index (Phi) is 4.36. The van der Waals surface area contributed by atoms with Crippen molar-refractivity contribution in [2.45, 2.75) is 20.0 Å². The number of aliphatic hydroxyl groups is 1. The van der Waals surface area contributed by atoms with E-state index in [1.54, 1.807) is 6.92 Å². The van der Waals surface area contributed by atoms with Gasteiger partial charge in [0.15, 0.2) is 0 Å². The van der Waals surface area contributed by atoms with E-state index in [9.17, 15) is 5.11 Å². The van der Waals surface area contributed by atoms with E-state index in [1.165, 1.54) is 0 Å². The van der Waals surface area contributed by atoms with Crippen LogP contribution in [0.5, 0.6) is 5.75 Å². The Morgan fingerprint density at radius 3 is 2.80 bits per heavy atom. The number of aliphatic hydroxyl groups excluding tert-OH is 1. The molecule has 0 fully saturated rings. The molecule has 2 nitrogen and oxygen atoms in total. The molecule has 0 aromatic heterocycles. The summed E-state index contributed by atoms with van der Waals surface area (Å²) in [6.45, 7) is 7.86. The van der Waals surface area contributed by atoms with Crippen molar-refractivity contribution in [1.29, 1.82) is 0 Å². The summed E-state index contributed by atoms with van der Waals surface area (Å²) < 4.78 is 6.47. The smallest absolute Gasteiger partial charge is 0.125 e. The van der Waals surface area contributed by atoms with E-state index in [1.807, 2.05) is 25.1 Å². The third-order valence-corrected chi connectivity index (χ3v) is 2.39. The predicted octanol–water partition coefficient (Wildman–Crippen LogP) is 3.46. The molecule has 0 spiro atoms. The lowest BCUT2D eigenvalue weighted by Gasteiger charge is -2.13. The third kappa shape index (κ3) is 3.68. The Bertz CT molecular complexity index is 359. The summed E-state index contributed by atoms with van der Waals surface area (Å²) in [5.74, 6) is 0.705. The van der Waals surface area contributed by atoms with Crippen LogP contribution in [-0.4, -0.2) is 11.7 Å². The molecule has 3 heteroatoms. The first-order valence-corrected chi connectivity index (χ1v) is 5.54. The van der Waals surface area contributed by atoms with Crippen LogP contribution in [0.1, 0.15) is 25.5 Å². The fourth-order valence-corrected chi connectivity index (χ4v) is 1.56. The molecule has 1 atom stereocenters. The molecule has 0 aliphatic rings. The summed E-state index contributed by atoms with van der Waals surface area (Å²) in [7, 11) is 0. The summed E-state index contributed by atoms with van der Waals surface area (Å²) in [6.07, 6.45) is -0.539. The minimum absolute atomic E-state index is 0.474. The van der Waals surface area contributed by atoms with Crippen molar-refractivity contribution in [3.8, 4) is 5.75 Å². The van der Waals surface area contributed by atoms with Gasteiger partial charge in [-0.3, -0.25) is 0 Å². The van der Waals surface area contributed by atoms with Crippen LogP contribution in [0.4, 0.5) is 0 Å². The molecule has 1 unspecified atom stereocenters. The van der Waals surface area contributed by atoms with Gasteiger partial charge in [0.1, 0.15) is 12.4 Å². The molecule has 1 aromatic rings. The fraction of sp³-hybridized carbons (Fsp3) is 0.333. The summed E-state index contributed by atoms with van der Waals surface area (Å²) in [5, 5.41) is 9.57. The van der Waals surface area contributed by atoms with E-state index in [-0.39, 0.29) is 0 Å². The van der Waals surface area contributed by atoms with E-state index >= 15 is 0 Å². The molecule has 0 aliphatic carbocycles. The van der Waals surface area contributed by atoms with Gasteiger partial charge in [-0.05, 0) is 37.6 Å². The van der Waals surface area contributed by atoms with Gasteiger partial charge in [0, 0.05) is 10.0 Å². The van der Waals surface area contributed by atoms with Gasteiger partial charge in [-0.2, -0.15) is 0 Å². The maximum atomic E-state index is 9.57. The molecule has 0 heterocycles. The number of rotatable bonds is 4. The molecule has 0 aliphatic heterocycles. The zero-order valence-corrected chi connectivity index (χ0v) is 10.5. The maximum Gasteiger partial charge on any atom is 0.125 e. The van der Waals surface area contributed by atoms with Crippen LogP contribution in [0.2, 0.25) is 0 Å². The first kappa shape index (κ1) is 12.3. The average Bonchev–Trinajstić information content (AvgIpc) is 2.15. The second-order valence-electron chi connectivity index (χ2n) is 3.60. The highest BCUT2D eigenvalue weighted by Crippen LogP contribution is 2.28. The number of ether oxygens (including phenoxy) is 1. The van der Waals surface area contributed by atoms with Crippen LogP contribution in [0, 0.1) is 0 Å². The van der Waals surface area contributed by atoms with Crippen LogP contribution in [0.3, 0.4) is 0 Å². The Balaban J connectivity index is 2.90. The summed E-state index contributed by atoms with van der Waals surface area (Å²) in [5.41, 5.74) is 1.74. The lowest BCUT2D eigenvalue weighted by atomic mass is 10.1. The molecule has 0 saturated heterocycles. The minimum Gasteiger partial charge on any atom is -0.489 e. The zero-order valence-electron chi connectivity index (χ0n) is 8.96. The van der Waals surface area contributed by atoms with Gasteiger partial charge in [0.25, 0.3) is 0 Å². The van der Waals surface area contributed by atoms with Crippen molar-refractivity contribution in [2.75, 3.05) is 6.61 Å². The quantitative estimate of drug-likeness (QED) is 0.850. The van der Waals surface area contributed by atoms with E-state index in [2.05, 4.69) is 22.5 Å². The Morgan fingerprint density at radius 1 is 1.60 bits per heavy atom. The molecule has 1 N–H and O–H groups in total. The van der Waals surface area contributed by atoms with Crippen molar-refractivity contribution in [3.63, 3.8) is 0 Å². The van der Waals surface area contributed by atoms with Crippen LogP contribution >= 0.6 is 15.9 Å². The normalized spacial score (nSPS) is 12.3. The van der Waals surface area contributed by atoms with E-state index in [0.29, 0.717) is 12.4 Å². The fourth-order valence-electron chi connectivity index (χ4n) is 1.18.